The van der Waals surface area contributed by atoms with Crippen LogP contribution >= 0.6 is 0 Å². The highest BCUT2D eigenvalue weighted by atomic mass is 16.4. The van der Waals surface area contributed by atoms with Gasteiger partial charge in [-0.25, -0.2) is 4.79 Å². The summed E-state index contributed by atoms with van der Waals surface area (Å²) < 4.78 is 0. The molecule has 3 atom stereocenters. The summed E-state index contributed by atoms with van der Waals surface area (Å²) in [5.41, 5.74) is 15.7. The number of hydrogen-bond donors (Lipinski definition) is 8. The van der Waals surface area contributed by atoms with Gasteiger partial charge in [0.1, 0.15) is 18.1 Å². The van der Waals surface area contributed by atoms with Crippen LogP contribution < -0.4 is 33.2 Å². The molecule has 160 valence electrons. The SMILES string of the molecule is NCCCCC(NC(=O)CN)C(=O)NC(CC(N)=O)C(=O)NC(CO)C(=O)O. The molecule has 0 rings (SSSR count). The van der Waals surface area contributed by atoms with Crippen molar-refractivity contribution in [2.75, 3.05) is 19.7 Å². The summed E-state index contributed by atoms with van der Waals surface area (Å²) in [6.07, 6.45) is 0.672. The Balaban J connectivity index is 5.24. The van der Waals surface area contributed by atoms with Gasteiger partial charge in [-0.3, -0.25) is 19.2 Å². The second-order valence-corrected chi connectivity index (χ2v) is 5.92. The number of carboxylic acids is 1. The van der Waals surface area contributed by atoms with Crippen LogP contribution in [0.2, 0.25) is 0 Å². The Morgan fingerprint density at radius 3 is 1.89 bits per heavy atom. The summed E-state index contributed by atoms with van der Waals surface area (Å²) in [7, 11) is 0. The minimum atomic E-state index is -1.63. The first-order valence-corrected chi connectivity index (χ1v) is 8.58. The van der Waals surface area contributed by atoms with Crippen LogP contribution in [0.15, 0.2) is 0 Å². The van der Waals surface area contributed by atoms with Crippen LogP contribution in [0.5, 0.6) is 0 Å². The standard InChI is InChI=1S/C15H28N6O7/c16-4-2-1-3-8(19-12(24)6-17)13(25)20-9(5-11(18)23)14(26)21-10(7-22)15(27)28/h8-10,22H,1-7,16-17H2,(H2,18,23)(H,19,24)(H,20,25)(H,21,26)(H,27,28). The van der Waals surface area contributed by atoms with E-state index in [1.165, 1.54) is 0 Å². The van der Waals surface area contributed by atoms with E-state index < -0.39 is 60.8 Å². The number of aliphatic carboxylic acids is 1. The number of aliphatic hydroxyl groups is 1. The number of carbonyl (C=O) groups is 5. The van der Waals surface area contributed by atoms with Gasteiger partial charge >= 0.3 is 5.97 Å². The van der Waals surface area contributed by atoms with E-state index in [-0.39, 0.29) is 13.0 Å². The monoisotopic (exact) mass is 404 g/mol. The molecule has 0 aromatic heterocycles. The molecular formula is C15H28N6O7. The van der Waals surface area contributed by atoms with Crippen molar-refractivity contribution in [2.45, 2.75) is 43.8 Å². The average molecular weight is 404 g/mol. The van der Waals surface area contributed by atoms with Crippen molar-refractivity contribution in [3.05, 3.63) is 0 Å². The smallest absolute Gasteiger partial charge is 0.328 e. The van der Waals surface area contributed by atoms with E-state index >= 15 is 0 Å². The summed E-state index contributed by atoms with van der Waals surface area (Å²) in [4.78, 5) is 58.4. The number of aliphatic hydroxyl groups excluding tert-OH is 1. The summed E-state index contributed by atoms with van der Waals surface area (Å²) in [6, 6.07) is -4.17. The molecule has 0 aromatic carbocycles. The minimum absolute atomic E-state index is 0.202. The van der Waals surface area contributed by atoms with Gasteiger partial charge in [-0.05, 0) is 25.8 Å². The van der Waals surface area contributed by atoms with E-state index in [2.05, 4.69) is 10.6 Å². The lowest BCUT2D eigenvalue weighted by Crippen LogP contribution is -2.57. The predicted molar refractivity (Wildman–Crippen MR) is 96.3 cm³/mol. The van der Waals surface area contributed by atoms with Crippen LogP contribution in [-0.2, 0) is 24.0 Å². The third-order valence-corrected chi connectivity index (χ3v) is 3.62. The van der Waals surface area contributed by atoms with Crippen molar-refractivity contribution in [2.24, 2.45) is 17.2 Å². The van der Waals surface area contributed by atoms with Crippen molar-refractivity contribution < 1.29 is 34.2 Å². The lowest BCUT2D eigenvalue weighted by molar-refractivity contribution is -0.143. The fraction of sp³-hybridized carbons (Fsp3) is 0.667. The molecule has 0 saturated carbocycles. The highest BCUT2D eigenvalue weighted by Crippen LogP contribution is 2.03. The molecule has 28 heavy (non-hydrogen) atoms. The highest BCUT2D eigenvalue weighted by molar-refractivity contribution is 5.95. The molecule has 0 saturated heterocycles. The summed E-state index contributed by atoms with van der Waals surface area (Å²) in [6.45, 7) is -0.876. The molecule has 3 unspecified atom stereocenters. The maximum Gasteiger partial charge on any atom is 0.328 e. The van der Waals surface area contributed by atoms with Gasteiger partial charge in [-0.15, -0.1) is 0 Å². The normalized spacial score (nSPS) is 13.7. The summed E-state index contributed by atoms with van der Waals surface area (Å²) in [5.74, 6) is -4.84. The number of primary amides is 1. The van der Waals surface area contributed by atoms with Crippen LogP contribution in [0, 0.1) is 0 Å². The maximum absolute atomic E-state index is 12.5. The molecule has 0 aromatic rings. The van der Waals surface area contributed by atoms with E-state index in [1.54, 1.807) is 0 Å². The van der Waals surface area contributed by atoms with Crippen LogP contribution in [-0.4, -0.2) is 77.6 Å². The van der Waals surface area contributed by atoms with Crippen LogP contribution in [0.25, 0.3) is 0 Å². The average Bonchev–Trinajstić information content (AvgIpc) is 2.63. The maximum atomic E-state index is 12.5. The Morgan fingerprint density at radius 1 is 0.857 bits per heavy atom. The molecular weight excluding hydrogens is 376 g/mol. The molecule has 13 nitrogen and oxygen atoms in total. The number of carbonyl (C=O) groups excluding carboxylic acids is 4. The fourth-order valence-corrected chi connectivity index (χ4v) is 2.16. The Hall–Kier alpha value is -2.77. The lowest BCUT2D eigenvalue weighted by atomic mass is 10.1. The zero-order valence-electron chi connectivity index (χ0n) is 15.3. The third kappa shape index (κ3) is 9.80. The topological polar surface area (TPSA) is 240 Å². The van der Waals surface area contributed by atoms with E-state index in [1.807, 2.05) is 5.32 Å². The molecule has 0 heterocycles. The Kier molecular flexibility index (Phi) is 12.1. The second-order valence-electron chi connectivity index (χ2n) is 5.92. The van der Waals surface area contributed by atoms with Gasteiger partial charge in [0, 0.05) is 0 Å². The molecule has 0 bridgehead atoms. The van der Waals surface area contributed by atoms with Gasteiger partial charge in [-0.2, -0.15) is 0 Å². The third-order valence-electron chi connectivity index (χ3n) is 3.62. The quantitative estimate of drug-likeness (QED) is 0.130. The highest BCUT2D eigenvalue weighted by Gasteiger charge is 2.30. The largest absolute Gasteiger partial charge is 0.480 e. The Morgan fingerprint density at radius 2 is 1.43 bits per heavy atom. The molecule has 0 fully saturated rings. The number of hydrogen-bond acceptors (Lipinski definition) is 8. The first-order valence-electron chi connectivity index (χ1n) is 8.58. The summed E-state index contributed by atoms with van der Waals surface area (Å²) in [5, 5.41) is 24.5. The van der Waals surface area contributed by atoms with E-state index in [0.29, 0.717) is 19.4 Å². The summed E-state index contributed by atoms with van der Waals surface area (Å²) >= 11 is 0. The Labute approximate surface area is 161 Å². The van der Waals surface area contributed by atoms with Gasteiger partial charge in [0.25, 0.3) is 0 Å². The zero-order chi connectivity index (χ0) is 21.7. The molecule has 0 aliphatic heterocycles. The number of amides is 4. The molecule has 0 spiro atoms. The first kappa shape index (κ1) is 25.2. The Bertz CT molecular complexity index is 571. The predicted octanol–water partition coefficient (Wildman–Crippen LogP) is -4.52. The van der Waals surface area contributed by atoms with Crippen molar-refractivity contribution in [1.82, 2.24) is 16.0 Å². The molecule has 0 aliphatic rings. The molecule has 4 amide bonds. The van der Waals surface area contributed by atoms with Crippen molar-refractivity contribution in [3.63, 3.8) is 0 Å². The van der Waals surface area contributed by atoms with Gasteiger partial charge in [0.15, 0.2) is 0 Å². The van der Waals surface area contributed by atoms with Gasteiger partial charge in [0.2, 0.25) is 23.6 Å². The molecule has 13 heteroatoms. The number of carboxylic acid groups (broad SMARTS) is 1. The molecule has 0 aliphatic carbocycles. The first-order chi connectivity index (χ1) is 13.2. The van der Waals surface area contributed by atoms with Crippen LogP contribution in [0.3, 0.4) is 0 Å². The van der Waals surface area contributed by atoms with Crippen LogP contribution in [0.4, 0.5) is 0 Å². The van der Waals surface area contributed by atoms with E-state index in [4.69, 9.17) is 27.4 Å². The van der Waals surface area contributed by atoms with Crippen LogP contribution in [0.1, 0.15) is 25.7 Å². The second kappa shape index (κ2) is 13.4. The van der Waals surface area contributed by atoms with Gasteiger partial charge in [0.05, 0.1) is 19.6 Å². The van der Waals surface area contributed by atoms with Crippen molar-refractivity contribution >= 4 is 29.6 Å². The lowest BCUT2D eigenvalue weighted by Gasteiger charge is -2.23. The molecule has 11 N–H and O–H groups in total. The van der Waals surface area contributed by atoms with E-state index in [9.17, 15) is 24.0 Å². The number of nitrogens with two attached hydrogens (primary N) is 3. The number of unbranched alkanes of at least 4 members (excludes halogenated alkanes) is 1. The van der Waals surface area contributed by atoms with Crippen molar-refractivity contribution in [1.29, 1.82) is 0 Å². The van der Waals surface area contributed by atoms with Gasteiger partial charge in [-0.1, -0.05) is 0 Å². The zero-order valence-corrected chi connectivity index (χ0v) is 15.3. The number of nitrogens with one attached hydrogen (secondary N) is 3. The van der Waals surface area contributed by atoms with E-state index in [0.717, 1.165) is 0 Å². The number of rotatable bonds is 14. The van der Waals surface area contributed by atoms with Gasteiger partial charge < -0.3 is 43.4 Å². The minimum Gasteiger partial charge on any atom is -0.480 e. The molecule has 0 radical (unpaired) electrons. The van der Waals surface area contributed by atoms with Crippen molar-refractivity contribution in [3.8, 4) is 0 Å². The fourth-order valence-electron chi connectivity index (χ4n) is 2.16.